The van der Waals surface area contributed by atoms with Crippen molar-refractivity contribution in [2.45, 2.75) is 20.3 Å². The van der Waals surface area contributed by atoms with Gasteiger partial charge < -0.3 is 9.50 Å². The molecule has 0 fully saturated rings. The Kier molecular flexibility index (Phi) is 4.71. The highest BCUT2D eigenvalue weighted by molar-refractivity contribution is 7.81. The fourth-order valence-electron chi connectivity index (χ4n) is 2.28. The Labute approximate surface area is 133 Å². The van der Waals surface area contributed by atoms with E-state index in [1.165, 1.54) is 36.6 Å². The van der Waals surface area contributed by atoms with Crippen molar-refractivity contribution in [3.05, 3.63) is 30.0 Å². The Hall–Kier alpha value is -2.39. The normalized spacial score (nSPS) is 11.4. The van der Waals surface area contributed by atoms with E-state index in [9.17, 15) is 18.0 Å². The number of carbonyl (C=O) groups is 2. The first kappa shape index (κ1) is 17.0. The van der Waals surface area contributed by atoms with Crippen molar-refractivity contribution in [3.63, 3.8) is 0 Å². The monoisotopic (exact) mass is 340 g/mol. The molecule has 1 heterocycles. The van der Waals surface area contributed by atoms with E-state index in [0.29, 0.717) is 23.9 Å². The molecule has 0 saturated carbocycles. The minimum Gasteiger partial charge on any atom is -0.362 e. The smallest absolute Gasteiger partial charge is 0.362 e. The van der Waals surface area contributed by atoms with Crippen LogP contribution in [0.5, 0.6) is 5.75 Å². The maximum absolute atomic E-state index is 11.7. The maximum atomic E-state index is 11.7. The Balaban J connectivity index is 2.44. The lowest BCUT2D eigenvalue weighted by Gasteiger charge is -2.04. The number of hydrogen-bond donors (Lipinski definition) is 2. The SMILES string of the molecule is CC(=O)NCCc1cn(C(C)=O)c2ccc(OS(=O)(=O)O)cc12. The third kappa shape index (κ3) is 4.30. The number of benzene rings is 1. The van der Waals surface area contributed by atoms with Crippen molar-refractivity contribution >= 4 is 33.1 Å². The number of carbonyl (C=O) groups excluding carboxylic acids is 2. The molecule has 1 amide bonds. The van der Waals surface area contributed by atoms with Gasteiger partial charge in [-0.3, -0.25) is 18.7 Å². The van der Waals surface area contributed by atoms with E-state index in [1.54, 1.807) is 6.20 Å². The van der Waals surface area contributed by atoms with Gasteiger partial charge in [0.05, 0.1) is 5.52 Å². The fraction of sp³-hybridized carbons (Fsp3) is 0.286. The lowest BCUT2D eigenvalue weighted by atomic mass is 10.1. The highest BCUT2D eigenvalue weighted by Gasteiger charge is 2.14. The Bertz CT molecular complexity index is 869. The van der Waals surface area contributed by atoms with Gasteiger partial charge in [0, 0.05) is 32.0 Å². The van der Waals surface area contributed by atoms with Crippen LogP contribution < -0.4 is 9.50 Å². The molecule has 0 saturated heterocycles. The van der Waals surface area contributed by atoms with Gasteiger partial charge in [-0.2, -0.15) is 8.42 Å². The summed E-state index contributed by atoms with van der Waals surface area (Å²) >= 11 is 0. The van der Waals surface area contributed by atoms with Crippen LogP contribution >= 0.6 is 0 Å². The number of aromatic nitrogens is 1. The van der Waals surface area contributed by atoms with E-state index < -0.39 is 10.4 Å². The summed E-state index contributed by atoms with van der Waals surface area (Å²) in [5, 5.41) is 3.25. The summed E-state index contributed by atoms with van der Waals surface area (Å²) in [5.74, 6) is -0.443. The summed E-state index contributed by atoms with van der Waals surface area (Å²) < 4.78 is 36.2. The second-order valence-corrected chi connectivity index (χ2v) is 5.99. The summed E-state index contributed by atoms with van der Waals surface area (Å²) in [6.07, 6.45) is 2.08. The maximum Gasteiger partial charge on any atom is 0.446 e. The summed E-state index contributed by atoms with van der Waals surface area (Å²) in [7, 11) is -4.63. The first-order valence-corrected chi connectivity index (χ1v) is 8.10. The zero-order valence-electron chi connectivity index (χ0n) is 12.6. The van der Waals surface area contributed by atoms with Gasteiger partial charge in [0.1, 0.15) is 5.75 Å². The van der Waals surface area contributed by atoms with Crippen molar-refractivity contribution < 1.29 is 26.7 Å². The average Bonchev–Trinajstić information content (AvgIpc) is 2.75. The topological polar surface area (TPSA) is 115 Å². The second-order valence-electron chi connectivity index (χ2n) is 4.97. The Morgan fingerprint density at radius 3 is 2.57 bits per heavy atom. The second kappa shape index (κ2) is 6.39. The molecule has 0 aliphatic heterocycles. The van der Waals surface area contributed by atoms with Crippen molar-refractivity contribution in [2.75, 3.05) is 6.54 Å². The van der Waals surface area contributed by atoms with E-state index in [2.05, 4.69) is 9.50 Å². The standard InChI is InChI=1S/C14H16N2O6S/c1-9(17)15-6-5-11-8-16(10(2)18)14-4-3-12(7-13(11)14)22-23(19,20)21/h3-4,7-8H,5-6H2,1-2H3,(H,15,17)(H,19,20,21). The van der Waals surface area contributed by atoms with Crippen molar-refractivity contribution in [3.8, 4) is 5.75 Å². The molecule has 1 aromatic carbocycles. The lowest BCUT2D eigenvalue weighted by molar-refractivity contribution is -0.118. The van der Waals surface area contributed by atoms with Gasteiger partial charge in [0.25, 0.3) is 0 Å². The molecule has 0 spiro atoms. The van der Waals surface area contributed by atoms with E-state index in [4.69, 9.17) is 4.55 Å². The fourth-order valence-corrected chi connectivity index (χ4v) is 2.63. The summed E-state index contributed by atoms with van der Waals surface area (Å²) in [6.45, 7) is 3.17. The first-order valence-electron chi connectivity index (χ1n) is 6.73. The molecule has 0 aliphatic carbocycles. The van der Waals surface area contributed by atoms with Crippen LogP contribution in [0.2, 0.25) is 0 Å². The van der Waals surface area contributed by atoms with Crippen molar-refractivity contribution in [1.29, 1.82) is 0 Å². The molecule has 1 aromatic heterocycles. The lowest BCUT2D eigenvalue weighted by Crippen LogP contribution is -2.22. The van der Waals surface area contributed by atoms with Crippen LogP contribution in [-0.2, 0) is 21.6 Å². The predicted octanol–water partition coefficient (Wildman–Crippen LogP) is 1.16. The first-order chi connectivity index (χ1) is 10.7. The summed E-state index contributed by atoms with van der Waals surface area (Å²) in [4.78, 5) is 22.6. The number of nitrogens with one attached hydrogen (secondary N) is 1. The third-order valence-electron chi connectivity index (χ3n) is 3.17. The minimum absolute atomic E-state index is 0.0675. The molecule has 0 radical (unpaired) electrons. The van der Waals surface area contributed by atoms with Gasteiger partial charge in [-0.15, -0.1) is 0 Å². The molecule has 9 heteroatoms. The Morgan fingerprint density at radius 1 is 1.30 bits per heavy atom. The molecule has 2 rings (SSSR count). The van der Waals surface area contributed by atoms with Gasteiger partial charge in [-0.05, 0) is 30.2 Å². The summed E-state index contributed by atoms with van der Waals surface area (Å²) in [5.41, 5.74) is 1.32. The number of hydrogen-bond acceptors (Lipinski definition) is 5. The highest BCUT2D eigenvalue weighted by atomic mass is 32.3. The molecule has 0 aliphatic rings. The highest BCUT2D eigenvalue weighted by Crippen LogP contribution is 2.27. The van der Waals surface area contributed by atoms with Gasteiger partial charge in [0.15, 0.2) is 0 Å². The van der Waals surface area contributed by atoms with Crippen LogP contribution in [-0.4, -0.2) is 35.9 Å². The summed E-state index contributed by atoms with van der Waals surface area (Å²) in [6, 6.07) is 4.29. The average molecular weight is 340 g/mol. The van der Waals surface area contributed by atoms with Crippen LogP contribution in [0.1, 0.15) is 24.2 Å². The molecular formula is C14H16N2O6S. The number of fused-ring (bicyclic) bond motifs is 1. The minimum atomic E-state index is -4.63. The van der Waals surface area contributed by atoms with Gasteiger partial charge in [-0.1, -0.05) is 0 Å². The number of rotatable bonds is 5. The van der Waals surface area contributed by atoms with Gasteiger partial charge in [0.2, 0.25) is 11.8 Å². The zero-order valence-corrected chi connectivity index (χ0v) is 13.4. The van der Waals surface area contributed by atoms with Crippen LogP contribution in [0.4, 0.5) is 0 Å². The molecule has 0 atom stereocenters. The van der Waals surface area contributed by atoms with E-state index in [1.807, 2.05) is 0 Å². The quantitative estimate of drug-likeness (QED) is 0.789. The molecule has 0 bridgehead atoms. The molecule has 8 nitrogen and oxygen atoms in total. The number of nitrogens with zero attached hydrogens (tertiary/aromatic N) is 1. The molecule has 23 heavy (non-hydrogen) atoms. The van der Waals surface area contributed by atoms with E-state index in [-0.39, 0.29) is 17.6 Å². The van der Waals surface area contributed by atoms with E-state index in [0.717, 1.165) is 5.56 Å². The van der Waals surface area contributed by atoms with Crippen molar-refractivity contribution in [2.24, 2.45) is 0 Å². The Morgan fingerprint density at radius 2 is 2.00 bits per heavy atom. The van der Waals surface area contributed by atoms with Gasteiger partial charge in [-0.25, -0.2) is 0 Å². The van der Waals surface area contributed by atoms with Crippen LogP contribution in [0.3, 0.4) is 0 Å². The molecular weight excluding hydrogens is 324 g/mol. The van der Waals surface area contributed by atoms with Crippen LogP contribution in [0.15, 0.2) is 24.4 Å². The van der Waals surface area contributed by atoms with Crippen LogP contribution in [0.25, 0.3) is 10.9 Å². The van der Waals surface area contributed by atoms with E-state index >= 15 is 0 Å². The van der Waals surface area contributed by atoms with Crippen LogP contribution in [0, 0.1) is 0 Å². The molecule has 2 aromatic rings. The van der Waals surface area contributed by atoms with Gasteiger partial charge >= 0.3 is 10.4 Å². The molecule has 124 valence electrons. The number of amides is 1. The molecule has 2 N–H and O–H groups in total. The third-order valence-corrected chi connectivity index (χ3v) is 3.57. The molecule has 0 unspecified atom stereocenters. The predicted molar refractivity (Wildman–Crippen MR) is 82.8 cm³/mol. The zero-order chi connectivity index (χ0) is 17.2. The van der Waals surface area contributed by atoms with Crippen molar-refractivity contribution in [1.82, 2.24) is 9.88 Å². The largest absolute Gasteiger partial charge is 0.446 e.